The first kappa shape index (κ1) is 27.3. The lowest BCUT2D eigenvalue weighted by molar-refractivity contribution is 0.112. The molecular formula is C27H47NO3. The van der Waals surface area contributed by atoms with E-state index in [4.69, 9.17) is 15.2 Å². The Kier molecular flexibility index (Phi) is 16.8. The SMILES string of the molecule is CCCCCCCCCCOc1ccc(C=O)c(N)c1OCCCCCCCCCC. The number of nitrogen functional groups attached to an aromatic ring is 1. The second kappa shape index (κ2) is 19.0. The number of hydrogen-bond donors (Lipinski definition) is 1. The van der Waals surface area contributed by atoms with E-state index < -0.39 is 0 Å². The summed E-state index contributed by atoms with van der Waals surface area (Å²) in [6.45, 7) is 5.76. The van der Waals surface area contributed by atoms with Crippen LogP contribution in [0.3, 0.4) is 0 Å². The van der Waals surface area contributed by atoms with Gasteiger partial charge < -0.3 is 15.2 Å². The van der Waals surface area contributed by atoms with E-state index in [9.17, 15) is 4.79 Å². The molecule has 0 fully saturated rings. The number of benzene rings is 1. The third kappa shape index (κ3) is 12.7. The Morgan fingerprint density at radius 2 is 1.13 bits per heavy atom. The van der Waals surface area contributed by atoms with Crippen LogP contribution in [0.25, 0.3) is 0 Å². The van der Waals surface area contributed by atoms with Crippen molar-refractivity contribution in [1.82, 2.24) is 0 Å². The fraction of sp³-hybridized carbons (Fsp3) is 0.741. The van der Waals surface area contributed by atoms with E-state index >= 15 is 0 Å². The molecule has 0 bridgehead atoms. The van der Waals surface area contributed by atoms with Gasteiger partial charge in [-0.05, 0) is 25.0 Å². The Hall–Kier alpha value is -1.71. The van der Waals surface area contributed by atoms with E-state index in [2.05, 4.69) is 13.8 Å². The van der Waals surface area contributed by atoms with E-state index in [-0.39, 0.29) is 0 Å². The first-order valence-corrected chi connectivity index (χ1v) is 12.9. The van der Waals surface area contributed by atoms with Crippen LogP contribution >= 0.6 is 0 Å². The van der Waals surface area contributed by atoms with E-state index in [0.29, 0.717) is 36.0 Å². The maximum absolute atomic E-state index is 11.3. The molecule has 0 saturated carbocycles. The first-order valence-electron chi connectivity index (χ1n) is 12.9. The van der Waals surface area contributed by atoms with Gasteiger partial charge in [-0.2, -0.15) is 0 Å². The molecule has 178 valence electrons. The van der Waals surface area contributed by atoms with Crippen LogP contribution in [0.2, 0.25) is 0 Å². The highest BCUT2D eigenvalue weighted by Gasteiger charge is 2.13. The van der Waals surface area contributed by atoms with E-state index in [1.807, 2.05) is 6.07 Å². The van der Waals surface area contributed by atoms with Crippen molar-refractivity contribution >= 4 is 12.0 Å². The second-order valence-electron chi connectivity index (χ2n) is 8.66. The Bertz CT molecular complexity index is 574. The molecule has 0 atom stereocenters. The third-order valence-corrected chi connectivity index (χ3v) is 5.82. The second-order valence-corrected chi connectivity index (χ2v) is 8.66. The predicted octanol–water partition coefficient (Wildman–Crippen LogP) is 8.12. The number of unbranched alkanes of at least 4 members (excludes halogenated alkanes) is 14. The fourth-order valence-corrected chi connectivity index (χ4v) is 3.79. The van der Waals surface area contributed by atoms with Gasteiger partial charge in [0.2, 0.25) is 0 Å². The van der Waals surface area contributed by atoms with E-state index in [1.165, 1.54) is 83.5 Å². The molecule has 1 rings (SSSR count). The topological polar surface area (TPSA) is 61.5 Å². The maximum atomic E-state index is 11.3. The highest BCUT2D eigenvalue weighted by molar-refractivity contribution is 5.87. The summed E-state index contributed by atoms with van der Waals surface area (Å²) in [5, 5.41) is 0. The Morgan fingerprint density at radius 3 is 1.61 bits per heavy atom. The molecular weight excluding hydrogens is 386 g/mol. The smallest absolute Gasteiger partial charge is 0.184 e. The minimum atomic E-state index is 0.392. The number of anilines is 1. The average molecular weight is 434 g/mol. The first-order chi connectivity index (χ1) is 15.2. The number of hydrogen-bond acceptors (Lipinski definition) is 4. The number of ether oxygens (including phenoxy) is 2. The van der Waals surface area contributed by atoms with Crippen molar-refractivity contribution in [3.8, 4) is 11.5 Å². The van der Waals surface area contributed by atoms with Gasteiger partial charge in [-0.1, -0.05) is 104 Å². The predicted molar refractivity (Wildman–Crippen MR) is 132 cm³/mol. The maximum Gasteiger partial charge on any atom is 0.184 e. The van der Waals surface area contributed by atoms with Crippen molar-refractivity contribution in [3.05, 3.63) is 17.7 Å². The van der Waals surface area contributed by atoms with Gasteiger partial charge in [-0.3, -0.25) is 4.79 Å². The standard InChI is InChI=1S/C27H47NO3/c1-3-5-7-9-11-13-15-17-21-30-25-20-19-24(23-29)26(28)27(25)31-22-18-16-14-12-10-8-6-4-2/h19-20,23H,3-18,21-22,28H2,1-2H3. The zero-order chi connectivity index (χ0) is 22.6. The number of carbonyl (C=O) groups is 1. The lowest BCUT2D eigenvalue weighted by atomic mass is 10.1. The Morgan fingerprint density at radius 1 is 0.677 bits per heavy atom. The summed E-state index contributed by atoms with van der Waals surface area (Å²) >= 11 is 0. The van der Waals surface area contributed by atoms with E-state index in [1.54, 1.807) is 6.07 Å². The monoisotopic (exact) mass is 433 g/mol. The van der Waals surface area contributed by atoms with E-state index in [0.717, 1.165) is 25.5 Å². The Labute approximate surface area is 191 Å². The van der Waals surface area contributed by atoms with Gasteiger partial charge in [-0.25, -0.2) is 0 Å². The van der Waals surface area contributed by atoms with Gasteiger partial charge in [0, 0.05) is 5.56 Å². The minimum Gasteiger partial charge on any atom is -0.490 e. The summed E-state index contributed by atoms with van der Waals surface area (Å²) in [7, 11) is 0. The molecule has 31 heavy (non-hydrogen) atoms. The summed E-state index contributed by atoms with van der Waals surface area (Å²) in [4.78, 5) is 11.3. The highest BCUT2D eigenvalue weighted by Crippen LogP contribution is 2.36. The zero-order valence-electron chi connectivity index (χ0n) is 20.3. The lowest BCUT2D eigenvalue weighted by Crippen LogP contribution is -2.06. The van der Waals surface area contributed by atoms with Crippen LogP contribution in [-0.4, -0.2) is 19.5 Å². The number of rotatable bonds is 21. The van der Waals surface area contributed by atoms with Gasteiger partial charge in [0.25, 0.3) is 0 Å². The van der Waals surface area contributed by atoms with Crippen molar-refractivity contribution in [2.75, 3.05) is 18.9 Å². The number of nitrogens with two attached hydrogens (primary N) is 1. The van der Waals surface area contributed by atoms with Gasteiger partial charge >= 0.3 is 0 Å². The minimum absolute atomic E-state index is 0.392. The summed E-state index contributed by atoms with van der Waals surface area (Å²) < 4.78 is 12.0. The van der Waals surface area contributed by atoms with Crippen LogP contribution in [0.4, 0.5) is 5.69 Å². The molecule has 0 spiro atoms. The molecule has 1 aromatic carbocycles. The number of carbonyl (C=O) groups excluding carboxylic acids is 1. The lowest BCUT2D eigenvalue weighted by Gasteiger charge is -2.16. The molecule has 0 radical (unpaired) electrons. The molecule has 2 N–H and O–H groups in total. The number of aldehydes is 1. The van der Waals surface area contributed by atoms with Crippen LogP contribution < -0.4 is 15.2 Å². The van der Waals surface area contributed by atoms with Crippen LogP contribution in [0.5, 0.6) is 11.5 Å². The van der Waals surface area contributed by atoms with Crippen LogP contribution in [0, 0.1) is 0 Å². The highest BCUT2D eigenvalue weighted by atomic mass is 16.5. The third-order valence-electron chi connectivity index (χ3n) is 5.82. The summed E-state index contributed by atoms with van der Waals surface area (Å²) in [6.07, 6.45) is 20.9. The quantitative estimate of drug-likeness (QED) is 0.121. The van der Waals surface area contributed by atoms with Gasteiger partial charge in [0.15, 0.2) is 17.8 Å². The molecule has 0 unspecified atom stereocenters. The summed E-state index contributed by atoms with van der Waals surface area (Å²) in [5.41, 5.74) is 7.03. The largest absolute Gasteiger partial charge is 0.490 e. The molecule has 0 aliphatic carbocycles. The summed E-state index contributed by atoms with van der Waals surface area (Å²) in [6, 6.07) is 3.53. The normalized spacial score (nSPS) is 10.9. The summed E-state index contributed by atoms with van der Waals surface area (Å²) in [5.74, 6) is 1.19. The van der Waals surface area contributed by atoms with Crippen molar-refractivity contribution in [3.63, 3.8) is 0 Å². The molecule has 0 aliphatic heterocycles. The molecule has 4 heteroatoms. The van der Waals surface area contributed by atoms with Gasteiger partial charge in [0.1, 0.15) is 0 Å². The molecule has 0 amide bonds. The van der Waals surface area contributed by atoms with Crippen LogP contribution in [-0.2, 0) is 0 Å². The molecule has 1 aromatic rings. The van der Waals surface area contributed by atoms with Gasteiger partial charge in [0.05, 0.1) is 18.9 Å². The molecule has 0 heterocycles. The van der Waals surface area contributed by atoms with Crippen molar-refractivity contribution in [2.24, 2.45) is 0 Å². The van der Waals surface area contributed by atoms with Gasteiger partial charge in [-0.15, -0.1) is 0 Å². The molecule has 0 aliphatic rings. The van der Waals surface area contributed by atoms with Crippen molar-refractivity contribution in [2.45, 2.75) is 117 Å². The van der Waals surface area contributed by atoms with Crippen LogP contribution in [0.1, 0.15) is 127 Å². The molecule has 0 saturated heterocycles. The molecule has 4 nitrogen and oxygen atoms in total. The average Bonchev–Trinajstić information content (AvgIpc) is 2.78. The van der Waals surface area contributed by atoms with Crippen molar-refractivity contribution < 1.29 is 14.3 Å². The molecule has 0 aromatic heterocycles. The van der Waals surface area contributed by atoms with Crippen LogP contribution in [0.15, 0.2) is 12.1 Å². The Balaban J connectivity index is 2.33. The van der Waals surface area contributed by atoms with Crippen molar-refractivity contribution in [1.29, 1.82) is 0 Å². The zero-order valence-corrected chi connectivity index (χ0v) is 20.3. The fourth-order valence-electron chi connectivity index (χ4n) is 3.79.